The average Bonchev–Trinajstić information content (AvgIpc) is 2.30. The fraction of sp³-hybridized carbons (Fsp3) is 0.462. The van der Waals surface area contributed by atoms with E-state index in [0.717, 1.165) is 16.1 Å². The van der Waals surface area contributed by atoms with Gasteiger partial charge in [-0.2, -0.15) is 0 Å². The van der Waals surface area contributed by atoms with Crippen LogP contribution in [0.15, 0.2) is 18.2 Å². The first kappa shape index (κ1) is 16.8. The Kier molecular flexibility index (Phi) is 5.05. The summed E-state index contributed by atoms with van der Waals surface area (Å²) in [5.74, 6) is -0.299. The molecule has 7 heteroatoms. The summed E-state index contributed by atoms with van der Waals surface area (Å²) in [6.45, 7) is 3.38. The van der Waals surface area contributed by atoms with E-state index in [1.807, 2.05) is 6.92 Å². The van der Waals surface area contributed by atoms with Gasteiger partial charge < -0.3 is 4.90 Å². The Bertz CT molecular complexity index is 614. The number of amides is 1. The highest BCUT2D eigenvalue weighted by atomic mass is 35.5. The van der Waals surface area contributed by atoms with Crippen molar-refractivity contribution in [3.05, 3.63) is 28.8 Å². The normalized spacial score (nSPS) is 12.9. The van der Waals surface area contributed by atoms with Gasteiger partial charge in [-0.25, -0.2) is 8.42 Å². The second kappa shape index (κ2) is 6.01. The summed E-state index contributed by atoms with van der Waals surface area (Å²) >= 11 is 6.04. The molecule has 1 aromatic carbocycles. The molecular weight excluding hydrogens is 300 g/mol. The van der Waals surface area contributed by atoms with Crippen molar-refractivity contribution in [3.63, 3.8) is 0 Å². The largest absolute Gasteiger partial charge is 0.347 e. The van der Waals surface area contributed by atoms with Crippen molar-refractivity contribution in [2.24, 2.45) is 0 Å². The first-order chi connectivity index (χ1) is 9.05. The molecule has 0 aromatic heterocycles. The smallest absolute Gasteiger partial charge is 0.245 e. The Morgan fingerprint density at radius 1 is 1.30 bits per heavy atom. The van der Waals surface area contributed by atoms with Crippen molar-refractivity contribution in [1.29, 1.82) is 0 Å². The summed E-state index contributed by atoms with van der Waals surface area (Å²) in [6, 6.07) is 4.08. The first-order valence-corrected chi connectivity index (χ1v) is 8.25. The molecule has 1 aromatic rings. The van der Waals surface area contributed by atoms with Crippen LogP contribution in [0.2, 0.25) is 5.02 Å². The van der Waals surface area contributed by atoms with Crippen molar-refractivity contribution in [1.82, 2.24) is 4.90 Å². The second-order valence-electron chi connectivity index (χ2n) is 4.90. The van der Waals surface area contributed by atoms with E-state index in [4.69, 9.17) is 11.6 Å². The van der Waals surface area contributed by atoms with Gasteiger partial charge in [0.25, 0.3) is 0 Å². The molecule has 5 nitrogen and oxygen atoms in total. The molecule has 112 valence electrons. The molecule has 0 spiro atoms. The molecule has 20 heavy (non-hydrogen) atoms. The lowest BCUT2D eigenvalue weighted by Gasteiger charge is -2.30. The van der Waals surface area contributed by atoms with Crippen LogP contribution in [0.4, 0.5) is 5.69 Å². The SMILES string of the molecule is Cc1ccc(N([C@@H](C)C(=O)N(C)C)S(C)(=O)=O)cc1Cl. The van der Waals surface area contributed by atoms with E-state index < -0.39 is 16.1 Å². The highest BCUT2D eigenvalue weighted by Crippen LogP contribution is 2.26. The Labute approximate surface area is 125 Å². The van der Waals surface area contributed by atoms with E-state index in [1.165, 1.54) is 4.90 Å². The molecule has 0 heterocycles. The van der Waals surface area contributed by atoms with E-state index in [2.05, 4.69) is 0 Å². The van der Waals surface area contributed by atoms with Gasteiger partial charge in [-0.15, -0.1) is 0 Å². The van der Waals surface area contributed by atoms with Crippen LogP contribution in [0, 0.1) is 6.92 Å². The third-order valence-electron chi connectivity index (χ3n) is 2.92. The van der Waals surface area contributed by atoms with Crippen LogP contribution < -0.4 is 4.31 Å². The maximum Gasteiger partial charge on any atom is 0.245 e. The predicted octanol–water partition coefficient (Wildman–Crippen LogP) is 1.89. The number of nitrogens with zero attached hydrogens (tertiary/aromatic N) is 2. The third-order valence-corrected chi connectivity index (χ3v) is 4.57. The average molecular weight is 319 g/mol. The van der Waals surface area contributed by atoms with Crippen LogP contribution in [-0.4, -0.2) is 45.6 Å². The van der Waals surface area contributed by atoms with Gasteiger partial charge in [-0.1, -0.05) is 17.7 Å². The lowest BCUT2D eigenvalue weighted by molar-refractivity contribution is -0.129. The van der Waals surface area contributed by atoms with Gasteiger partial charge in [0, 0.05) is 19.1 Å². The minimum atomic E-state index is -3.60. The van der Waals surface area contributed by atoms with E-state index in [1.54, 1.807) is 39.2 Å². The molecule has 0 aliphatic carbocycles. The predicted molar refractivity (Wildman–Crippen MR) is 81.7 cm³/mol. The first-order valence-electron chi connectivity index (χ1n) is 6.02. The number of likely N-dealkylation sites (N-methyl/N-ethyl adjacent to an activating group) is 1. The fourth-order valence-corrected chi connectivity index (χ4v) is 3.23. The van der Waals surface area contributed by atoms with Gasteiger partial charge in [0.1, 0.15) is 6.04 Å². The van der Waals surface area contributed by atoms with Crippen LogP contribution in [0.25, 0.3) is 0 Å². The summed E-state index contributed by atoms with van der Waals surface area (Å²) in [5.41, 5.74) is 1.22. The van der Waals surface area contributed by atoms with Gasteiger partial charge in [0.15, 0.2) is 0 Å². The molecule has 0 saturated carbocycles. The number of hydrogen-bond donors (Lipinski definition) is 0. The summed E-state index contributed by atoms with van der Waals surface area (Å²) in [6.07, 6.45) is 1.07. The summed E-state index contributed by atoms with van der Waals surface area (Å²) in [4.78, 5) is 13.4. The summed E-state index contributed by atoms with van der Waals surface area (Å²) in [5, 5.41) is 0.459. The molecule has 0 radical (unpaired) electrons. The molecule has 0 bridgehead atoms. The number of rotatable bonds is 4. The highest BCUT2D eigenvalue weighted by molar-refractivity contribution is 7.92. The van der Waals surface area contributed by atoms with E-state index in [-0.39, 0.29) is 5.91 Å². The second-order valence-corrected chi connectivity index (χ2v) is 7.17. The molecule has 0 aliphatic rings. The number of anilines is 1. The Morgan fingerprint density at radius 2 is 1.85 bits per heavy atom. The van der Waals surface area contributed by atoms with Gasteiger partial charge >= 0.3 is 0 Å². The molecule has 0 N–H and O–H groups in total. The van der Waals surface area contributed by atoms with Crippen LogP contribution in [0.3, 0.4) is 0 Å². The number of carbonyl (C=O) groups excluding carboxylic acids is 1. The Balaban J connectivity index is 3.34. The van der Waals surface area contributed by atoms with Crippen molar-refractivity contribution >= 4 is 33.2 Å². The fourth-order valence-electron chi connectivity index (χ4n) is 1.90. The third kappa shape index (κ3) is 3.64. The topological polar surface area (TPSA) is 57.7 Å². The maximum atomic E-state index is 12.0. The van der Waals surface area contributed by atoms with Gasteiger partial charge in [-0.05, 0) is 31.5 Å². The Morgan fingerprint density at radius 3 is 2.25 bits per heavy atom. The molecule has 0 saturated heterocycles. The zero-order valence-electron chi connectivity index (χ0n) is 12.2. The van der Waals surface area contributed by atoms with Gasteiger partial charge in [0.05, 0.1) is 11.9 Å². The minimum Gasteiger partial charge on any atom is -0.347 e. The van der Waals surface area contributed by atoms with Crippen LogP contribution in [0.1, 0.15) is 12.5 Å². The molecule has 1 amide bonds. The molecule has 0 unspecified atom stereocenters. The summed E-state index contributed by atoms with van der Waals surface area (Å²) in [7, 11) is -0.429. The number of sulfonamides is 1. The lowest BCUT2D eigenvalue weighted by Crippen LogP contribution is -2.47. The van der Waals surface area contributed by atoms with Crippen molar-refractivity contribution < 1.29 is 13.2 Å². The molecular formula is C13H19ClN2O3S. The van der Waals surface area contributed by atoms with Gasteiger partial charge in [-0.3, -0.25) is 9.10 Å². The minimum absolute atomic E-state index is 0.299. The molecule has 0 fully saturated rings. The zero-order valence-corrected chi connectivity index (χ0v) is 13.8. The van der Waals surface area contributed by atoms with Crippen LogP contribution in [0.5, 0.6) is 0 Å². The molecule has 0 aliphatic heterocycles. The summed E-state index contributed by atoms with van der Waals surface area (Å²) < 4.78 is 25.1. The Hall–Kier alpha value is -1.27. The molecule has 1 atom stereocenters. The monoisotopic (exact) mass is 318 g/mol. The quantitative estimate of drug-likeness (QED) is 0.852. The maximum absolute atomic E-state index is 12.0. The van der Waals surface area contributed by atoms with Gasteiger partial charge in [0.2, 0.25) is 15.9 Å². The number of carbonyl (C=O) groups is 1. The highest BCUT2D eigenvalue weighted by Gasteiger charge is 2.30. The van der Waals surface area contributed by atoms with Crippen LogP contribution in [-0.2, 0) is 14.8 Å². The van der Waals surface area contributed by atoms with Crippen molar-refractivity contribution in [3.8, 4) is 0 Å². The van der Waals surface area contributed by atoms with E-state index >= 15 is 0 Å². The van der Waals surface area contributed by atoms with Crippen molar-refractivity contribution in [2.45, 2.75) is 19.9 Å². The standard InChI is InChI=1S/C13H19ClN2O3S/c1-9-6-7-11(8-12(9)14)16(20(5,18)19)10(2)13(17)15(3)4/h6-8,10H,1-5H3/t10-/m0/s1. The number of hydrogen-bond acceptors (Lipinski definition) is 3. The van der Waals surface area contributed by atoms with Crippen molar-refractivity contribution in [2.75, 3.05) is 24.7 Å². The number of benzene rings is 1. The number of aryl methyl sites for hydroxylation is 1. The van der Waals surface area contributed by atoms with E-state index in [0.29, 0.717) is 10.7 Å². The van der Waals surface area contributed by atoms with E-state index in [9.17, 15) is 13.2 Å². The lowest BCUT2D eigenvalue weighted by atomic mass is 10.2. The zero-order chi connectivity index (χ0) is 15.7. The molecule has 1 rings (SSSR count). The van der Waals surface area contributed by atoms with Crippen LogP contribution >= 0.6 is 11.6 Å². The number of halogens is 1.